The van der Waals surface area contributed by atoms with Gasteiger partial charge in [-0.25, -0.2) is 0 Å². The molecule has 0 bridgehead atoms. The summed E-state index contributed by atoms with van der Waals surface area (Å²) < 4.78 is 10.00. The Hall–Kier alpha value is -3.49. The van der Waals surface area contributed by atoms with Crippen molar-refractivity contribution in [2.45, 2.75) is 20.4 Å². The predicted molar refractivity (Wildman–Crippen MR) is 90.8 cm³/mol. The van der Waals surface area contributed by atoms with Gasteiger partial charge >= 0.3 is 11.8 Å². The first-order valence-electron chi connectivity index (χ1n) is 7.82. The van der Waals surface area contributed by atoms with E-state index in [0.717, 1.165) is 11.1 Å². The highest BCUT2D eigenvalue weighted by atomic mass is 16.5. The van der Waals surface area contributed by atoms with E-state index in [1.165, 1.54) is 18.0 Å². The van der Waals surface area contributed by atoms with Crippen LogP contribution in [-0.2, 0) is 16.1 Å². The van der Waals surface area contributed by atoms with Crippen LogP contribution in [0.3, 0.4) is 0 Å². The normalized spacial score (nSPS) is 10.6. The van der Waals surface area contributed by atoms with Crippen LogP contribution in [0.25, 0.3) is 11.4 Å². The maximum Gasteiger partial charge on any atom is 0.315 e. The first kappa shape index (κ1) is 17.3. The zero-order chi connectivity index (χ0) is 18.7. The number of likely N-dealkylation sites (N-methyl/N-ethyl adjacent to an activating group) is 1. The Morgan fingerprint density at radius 3 is 2.65 bits per heavy atom. The number of nitrogens with one attached hydrogen (secondary N) is 1. The average Bonchev–Trinajstić information content (AvgIpc) is 3.23. The fourth-order valence-electron chi connectivity index (χ4n) is 2.26. The number of aromatic nitrogens is 3. The highest BCUT2D eigenvalue weighted by Gasteiger charge is 2.22. The predicted octanol–water partition coefficient (Wildman–Crippen LogP) is 1.94. The van der Waals surface area contributed by atoms with Gasteiger partial charge in [-0.1, -0.05) is 34.1 Å². The molecule has 0 aliphatic rings. The smallest absolute Gasteiger partial charge is 0.315 e. The van der Waals surface area contributed by atoms with Crippen molar-refractivity contribution in [3.63, 3.8) is 0 Å². The van der Waals surface area contributed by atoms with Crippen molar-refractivity contribution >= 4 is 17.6 Å². The molecule has 2 amide bonds. The lowest BCUT2D eigenvalue weighted by Crippen LogP contribution is -2.36. The Labute approximate surface area is 149 Å². The molecule has 0 fully saturated rings. The van der Waals surface area contributed by atoms with Crippen LogP contribution in [0.1, 0.15) is 17.2 Å². The van der Waals surface area contributed by atoms with Crippen molar-refractivity contribution in [1.29, 1.82) is 0 Å². The zero-order valence-electron chi connectivity index (χ0n) is 14.5. The maximum absolute atomic E-state index is 12.1. The molecule has 2 aromatic heterocycles. The molecule has 1 aromatic carbocycles. The van der Waals surface area contributed by atoms with Crippen LogP contribution in [0.15, 0.2) is 39.4 Å². The van der Waals surface area contributed by atoms with Gasteiger partial charge in [-0.05, 0) is 19.9 Å². The minimum Gasteiger partial charge on any atom is -0.360 e. The Kier molecular flexibility index (Phi) is 4.78. The lowest BCUT2D eigenvalue weighted by Gasteiger charge is -2.13. The van der Waals surface area contributed by atoms with E-state index in [2.05, 4.69) is 20.6 Å². The molecular formula is C17H17N5O4. The van der Waals surface area contributed by atoms with E-state index in [9.17, 15) is 9.59 Å². The van der Waals surface area contributed by atoms with Crippen LogP contribution in [0.5, 0.6) is 0 Å². The quantitative estimate of drug-likeness (QED) is 0.711. The molecule has 0 saturated carbocycles. The molecule has 1 N–H and O–H groups in total. The van der Waals surface area contributed by atoms with Gasteiger partial charge < -0.3 is 13.9 Å². The Balaban J connectivity index is 1.63. The summed E-state index contributed by atoms with van der Waals surface area (Å²) in [7, 11) is 1.46. The standard InChI is InChI=1S/C17H17N5O4/c1-10-5-4-6-12(7-10)15-19-14(26-21-15)9-22(3)17(24)16(23)18-13-8-11(2)25-20-13/h4-8H,9H2,1-3H3,(H,18,20,23). The third-order valence-electron chi connectivity index (χ3n) is 3.53. The molecule has 0 aliphatic heterocycles. The van der Waals surface area contributed by atoms with Gasteiger partial charge in [0.15, 0.2) is 5.82 Å². The summed E-state index contributed by atoms with van der Waals surface area (Å²) in [5.41, 5.74) is 1.88. The van der Waals surface area contributed by atoms with E-state index in [0.29, 0.717) is 11.6 Å². The van der Waals surface area contributed by atoms with E-state index < -0.39 is 11.8 Å². The molecule has 2 heterocycles. The van der Waals surface area contributed by atoms with Gasteiger partial charge in [0, 0.05) is 18.7 Å². The van der Waals surface area contributed by atoms with Crippen molar-refractivity contribution in [2.75, 3.05) is 12.4 Å². The Morgan fingerprint density at radius 2 is 1.96 bits per heavy atom. The number of hydrogen-bond acceptors (Lipinski definition) is 7. The Bertz CT molecular complexity index is 946. The number of hydrogen-bond donors (Lipinski definition) is 1. The van der Waals surface area contributed by atoms with Gasteiger partial charge in [-0.3, -0.25) is 14.9 Å². The molecule has 0 spiro atoms. The van der Waals surface area contributed by atoms with Crippen LogP contribution in [0.2, 0.25) is 0 Å². The lowest BCUT2D eigenvalue weighted by atomic mass is 10.1. The second-order valence-corrected chi connectivity index (χ2v) is 5.82. The second-order valence-electron chi connectivity index (χ2n) is 5.82. The molecule has 0 saturated heterocycles. The van der Waals surface area contributed by atoms with Crippen molar-refractivity contribution in [1.82, 2.24) is 20.2 Å². The minimum atomic E-state index is -0.834. The summed E-state index contributed by atoms with van der Waals surface area (Å²) in [5, 5.41) is 9.88. The molecule has 26 heavy (non-hydrogen) atoms. The lowest BCUT2D eigenvalue weighted by molar-refractivity contribution is -0.142. The number of amides is 2. The maximum atomic E-state index is 12.1. The second kappa shape index (κ2) is 7.18. The Morgan fingerprint density at radius 1 is 1.15 bits per heavy atom. The molecule has 0 radical (unpaired) electrons. The van der Waals surface area contributed by atoms with Gasteiger partial charge in [-0.15, -0.1) is 0 Å². The van der Waals surface area contributed by atoms with Gasteiger partial charge in [0.25, 0.3) is 0 Å². The largest absolute Gasteiger partial charge is 0.360 e. The van der Waals surface area contributed by atoms with Gasteiger partial charge in [0.2, 0.25) is 11.7 Å². The molecule has 0 aliphatic carbocycles. The molecule has 9 nitrogen and oxygen atoms in total. The third-order valence-corrected chi connectivity index (χ3v) is 3.53. The van der Waals surface area contributed by atoms with Gasteiger partial charge in [0.1, 0.15) is 12.3 Å². The highest BCUT2D eigenvalue weighted by Crippen LogP contribution is 2.17. The molecule has 0 atom stereocenters. The van der Waals surface area contributed by atoms with Crippen LogP contribution in [0, 0.1) is 13.8 Å². The fraction of sp³-hybridized carbons (Fsp3) is 0.235. The molecule has 0 unspecified atom stereocenters. The van der Waals surface area contributed by atoms with E-state index in [1.54, 1.807) is 6.92 Å². The highest BCUT2D eigenvalue weighted by molar-refractivity contribution is 6.39. The fourth-order valence-corrected chi connectivity index (χ4v) is 2.26. The number of carbonyl (C=O) groups excluding carboxylic acids is 2. The SMILES string of the molecule is Cc1cccc(-c2noc(CN(C)C(=O)C(=O)Nc3cc(C)on3)n2)c1. The van der Waals surface area contributed by atoms with Crippen molar-refractivity contribution in [2.24, 2.45) is 0 Å². The molecule has 3 rings (SSSR count). The number of benzene rings is 1. The van der Waals surface area contributed by atoms with Gasteiger partial charge in [0.05, 0.1) is 0 Å². The van der Waals surface area contributed by atoms with Crippen molar-refractivity contribution < 1.29 is 18.6 Å². The van der Waals surface area contributed by atoms with E-state index in [1.807, 2.05) is 31.2 Å². The first-order chi connectivity index (χ1) is 12.4. The van der Waals surface area contributed by atoms with Gasteiger partial charge in [-0.2, -0.15) is 4.98 Å². The van der Waals surface area contributed by atoms with Crippen molar-refractivity contribution in [3.05, 3.63) is 47.5 Å². The number of carbonyl (C=O) groups is 2. The minimum absolute atomic E-state index is 0.00289. The van der Waals surface area contributed by atoms with Crippen LogP contribution in [0.4, 0.5) is 5.82 Å². The van der Waals surface area contributed by atoms with Crippen LogP contribution in [-0.4, -0.2) is 39.1 Å². The van der Waals surface area contributed by atoms with E-state index in [-0.39, 0.29) is 18.3 Å². The number of aryl methyl sites for hydroxylation is 2. The number of nitrogens with zero attached hydrogens (tertiary/aromatic N) is 4. The number of anilines is 1. The van der Waals surface area contributed by atoms with E-state index >= 15 is 0 Å². The van der Waals surface area contributed by atoms with Crippen LogP contribution < -0.4 is 5.32 Å². The van der Waals surface area contributed by atoms with Crippen LogP contribution >= 0.6 is 0 Å². The topological polar surface area (TPSA) is 114 Å². The molecular weight excluding hydrogens is 338 g/mol. The summed E-state index contributed by atoms with van der Waals surface area (Å²) in [6.45, 7) is 3.65. The average molecular weight is 355 g/mol. The third kappa shape index (κ3) is 3.94. The summed E-state index contributed by atoms with van der Waals surface area (Å²) in [4.78, 5) is 29.5. The summed E-state index contributed by atoms with van der Waals surface area (Å²) in [6.07, 6.45) is 0. The molecule has 134 valence electrons. The molecule has 9 heteroatoms. The first-order valence-corrected chi connectivity index (χ1v) is 7.82. The summed E-state index contributed by atoms with van der Waals surface area (Å²) in [5.74, 6) is -0.251. The summed E-state index contributed by atoms with van der Waals surface area (Å²) >= 11 is 0. The molecule has 3 aromatic rings. The number of rotatable bonds is 4. The van der Waals surface area contributed by atoms with E-state index in [4.69, 9.17) is 9.05 Å². The zero-order valence-corrected chi connectivity index (χ0v) is 14.5. The summed E-state index contributed by atoms with van der Waals surface area (Å²) in [6, 6.07) is 9.16. The van der Waals surface area contributed by atoms with Crippen molar-refractivity contribution in [3.8, 4) is 11.4 Å². The monoisotopic (exact) mass is 355 g/mol.